The topological polar surface area (TPSA) is 181 Å². The van der Waals surface area contributed by atoms with Crippen LogP contribution in [0.4, 0.5) is 14.0 Å². The molecule has 6 atom stereocenters. The van der Waals surface area contributed by atoms with Gasteiger partial charge in [-0.15, -0.1) is 6.58 Å². The van der Waals surface area contributed by atoms with E-state index in [4.69, 9.17) is 9.47 Å². The number of rotatable bonds is 8. The molecule has 3 unspecified atom stereocenters. The molecule has 3 aliphatic heterocycles. The number of hydrogen-bond donors (Lipinski definition) is 3. The average Bonchev–Trinajstić information content (AvgIpc) is 3.94. The van der Waals surface area contributed by atoms with Gasteiger partial charge in [-0.2, -0.15) is 0 Å². The van der Waals surface area contributed by atoms with Crippen LogP contribution in [0.2, 0.25) is 0 Å². The number of benzene rings is 1. The molecule has 2 saturated heterocycles. The Morgan fingerprint density at radius 3 is 2.43 bits per heavy atom. The standard InChI is InChI=1S/C35H46FN5O9S/c1-5-21-17-35(21,31(44)39-51(47,48)22-14-15-22)38-29(42)27-16-28(49-33(46)40-18-20-10-9-11-24(36)23(20)19-40)26-13-8-6-7-12-25(30(43)41(26)27)37-32(45)50-34(2,3)4/h5,9-11,21-22,25-28H,1,6-8,12-19H2,2-4H3,(H,37,45)(H,38,42)(H,39,44)/t21-,25?,26?,27+,28-,35?/m1/s1. The minimum absolute atomic E-state index is 0.00297. The van der Waals surface area contributed by atoms with Crippen LogP contribution < -0.4 is 15.4 Å². The molecule has 1 aromatic rings. The van der Waals surface area contributed by atoms with E-state index in [2.05, 4.69) is 21.9 Å². The number of ether oxygens (including phenoxy) is 2. The van der Waals surface area contributed by atoms with E-state index >= 15 is 0 Å². The molecule has 51 heavy (non-hydrogen) atoms. The summed E-state index contributed by atoms with van der Waals surface area (Å²) in [5.74, 6) is -3.19. The highest BCUT2D eigenvalue weighted by Crippen LogP contribution is 2.46. The van der Waals surface area contributed by atoms with Gasteiger partial charge in [-0.3, -0.25) is 24.0 Å². The Bertz CT molecular complexity index is 1730. The molecule has 5 amide bonds. The van der Waals surface area contributed by atoms with E-state index in [0.29, 0.717) is 49.7 Å². The van der Waals surface area contributed by atoms with Crippen LogP contribution in [-0.4, -0.2) is 88.7 Å². The lowest BCUT2D eigenvalue weighted by Gasteiger charge is -2.34. The maximum absolute atomic E-state index is 14.5. The van der Waals surface area contributed by atoms with Crippen molar-refractivity contribution in [2.75, 3.05) is 0 Å². The minimum atomic E-state index is -3.93. The van der Waals surface area contributed by atoms with Crippen LogP contribution in [0.15, 0.2) is 30.9 Å². The Labute approximate surface area is 296 Å². The first-order valence-electron chi connectivity index (χ1n) is 17.6. The molecule has 3 N–H and O–H groups in total. The third kappa shape index (κ3) is 7.70. The van der Waals surface area contributed by atoms with E-state index in [9.17, 15) is 36.8 Å². The smallest absolute Gasteiger partial charge is 0.410 e. The largest absolute Gasteiger partial charge is 0.444 e. The van der Waals surface area contributed by atoms with Crippen LogP contribution in [0, 0.1) is 11.7 Å². The monoisotopic (exact) mass is 731 g/mol. The van der Waals surface area contributed by atoms with Crippen LogP contribution >= 0.6 is 0 Å². The molecule has 0 aromatic heterocycles. The number of nitrogens with zero attached hydrogens (tertiary/aromatic N) is 2. The van der Waals surface area contributed by atoms with Gasteiger partial charge in [0.15, 0.2) is 0 Å². The maximum Gasteiger partial charge on any atom is 0.410 e. The number of alkyl carbamates (subject to hydrolysis) is 1. The quantitative estimate of drug-likeness (QED) is 0.339. The Kier molecular flexibility index (Phi) is 9.85. The highest BCUT2D eigenvalue weighted by atomic mass is 32.2. The number of sulfonamides is 1. The number of halogens is 1. The van der Waals surface area contributed by atoms with Gasteiger partial charge in [-0.25, -0.2) is 22.4 Å². The second-order valence-electron chi connectivity index (χ2n) is 15.2. The molecule has 14 nitrogen and oxygen atoms in total. The third-order valence-electron chi connectivity index (χ3n) is 10.3. The Morgan fingerprint density at radius 2 is 1.78 bits per heavy atom. The predicted octanol–water partition coefficient (Wildman–Crippen LogP) is 3.14. The molecule has 5 aliphatic rings. The molecule has 16 heteroatoms. The van der Waals surface area contributed by atoms with Gasteiger partial charge in [0.25, 0.3) is 5.91 Å². The molecule has 2 aliphatic carbocycles. The van der Waals surface area contributed by atoms with Gasteiger partial charge in [0, 0.05) is 24.4 Å². The van der Waals surface area contributed by atoms with Crippen molar-refractivity contribution >= 4 is 39.9 Å². The molecule has 1 aromatic carbocycles. The molecular formula is C35H46FN5O9S. The third-order valence-corrected chi connectivity index (χ3v) is 12.1. The van der Waals surface area contributed by atoms with Crippen LogP contribution in [0.25, 0.3) is 0 Å². The lowest BCUT2D eigenvalue weighted by Crippen LogP contribution is -2.59. The van der Waals surface area contributed by atoms with E-state index in [1.54, 1.807) is 32.9 Å². The first kappa shape index (κ1) is 36.6. The summed E-state index contributed by atoms with van der Waals surface area (Å²) >= 11 is 0. The second kappa shape index (κ2) is 13.7. The van der Waals surface area contributed by atoms with Crippen molar-refractivity contribution in [3.05, 3.63) is 47.8 Å². The van der Waals surface area contributed by atoms with E-state index < -0.39 is 92.3 Å². The second-order valence-corrected chi connectivity index (χ2v) is 17.2. The van der Waals surface area contributed by atoms with Gasteiger partial charge < -0.3 is 25.0 Å². The zero-order valence-electron chi connectivity index (χ0n) is 29.1. The first-order valence-corrected chi connectivity index (χ1v) is 19.1. The van der Waals surface area contributed by atoms with Crippen molar-refractivity contribution in [1.82, 2.24) is 25.2 Å². The van der Waals surface area contributed by atoms with Crippen molar-refractivity contribution in [1.29, 1.82) is 0 Å². The Balaban J connectivity index is 1.27. The van der Waals surface area contributed by atoms with Gasteiger partial charge in [0.1, 0.15) is 35.1 Å². The van der Waals surface area contributed by atoms with Crippen molar-refractivity contribution in [2.24, 2.45) is 5.92 Å². The lowest BCUT2D eigenvalue weighted by atomic mass is 10.0. The van der Waals surface area contributed by atoms with E-state index in [0.717, 1.165) is 0 Å². The highest BCUT2D eigenvalue weighted by Gasteiger charge is 2.62. The lowest BCUT2D eigenvalue weighted by molar-refractivity contribution is -0.143. The number of amides is 5. The van der Waals surface area contributed by atoms with Gasteiger partial charge in [0.2, 0.25) is 21.8 Å². The first-order chi connectivity index (χ1) is 24.0. The molecule has 0 radical (unpaired) electrons. The van der Waals surface area contributed by atoms with Gasteiger partial charge in [0.05, 0.1) is 17.8 Å². The molecule has 4 fully saturated rings. The molecule has 2 saturated carbocycles. The normalized spacial score (nSPS) is 29.0. The number of nitrogens with one attached hydrogen (secondary N) is 3. The molecule has 0 bridgehead atoms. The fraction of sp³-hybridized carbons (Fsp3) is 0.629. The predicted molar refractivity (Wildman–Crippen MR) is 180 cm³/mol. The zero-order chi connectivity index (χ0) is 36.9. The van der Waals surface area contributed by atoms with Gasteiger partial charge >= 0.3 is 12.2 Å². The Hall–Kier alpha value is -4.21. The Morgan fingerprint density at radius 1 is 1.06 bits per heavy atom. The van der Waals surface area contributed by atoms with E-state index in [-0.39, 0.29) is 32.4 Å². The maximum atomic E-state index is 14.5. The van der Waals surface area contributed by atoms with Crippen molar-refractivity contribution in [2.45, 2.75) is 132 Å². The van der Waals surface area contributed by atoms with Crippen LogP contribution in [0.3, 0.4) is 0 Å². The summed E-state index contributed by atoms with van der Waals surface area (Å²) < 4.78 is 53.4. The molecule has 0 spiro atoms. The van der Waals surface area contributed by atoms with Crippen molar-refractivity contribution < 1.29 is 46.3 Å². The summed E-state index contributed by atoms with van der Waals surface area (Å²) in [5.41, 5.74) is -1.40. The van der Waals surface area contributed by atoms with E-state index in [1.807, 2.05) is 0 Å². The summed E-state index contributed by atoms with van der Waals surface area (Å²) in [7, 11) is -3.93. The van der Waals surface area contributed by atoms with E-state index in [1.165, 1.54) is 21.9 Å². The minimum Gasteiger partial charge on any atom is -0.444 e. The summed E-state index contributed by atoms with van der Waals surface area (Å²) in [6.07, 6.45) is 2.37. The van der Waals surface area contributed by atoms with Gasteiger partial charge in [-0.1, -0.05) is 37.5 Å². The van der Waals surface area contributed by atoms with Crippen LogP contribution in [0.1, 0.15) is 89.7 Å². The van der Waals surface area contributed by atoms with Crippen molar-refractivity contribution in [3.63, 3.8) is 0 Å². The number of hydrogen-bond acceptors (Lipinski definition) is 9. The number of fused-ring (bicyclic) bond motifs is 2. The van der Waals surface area contributed by atoms with Crippen molar-refractivity contribution in [3.8, 4) is 0 Å². The fourth-order valence-electron chi connectivity index (χ4n) is 7.40. The summed E-state index contributed by atoms with van der Waals surface area (Å²) in [6.45, 7) is 8.94. The molecule has 278 valence electrons. The van der Waals surface area contributed by atoms with Crippen LogP contribution in [-0.2, 0) is 47.0 Å². The number of carbonyl (C=O) groups excluding carboxylic acids is 5. The highest BCUT2D eigenvalue weighted by molar-refractivity contribution is 7.91. The van der Waals surface area contributed by atoms with Crippen LogP contribution in [0.5, 0.6) is 0 Å². The summed E-state index contributed by atoms with van der Waals surface area (Å²) in [5, 5.41) is 4.74. The summed E-state index contributed by atoms with van der Waals surface area (Å²) in [4.78, 5) is 71.3. The summed E-state index contributed by atoms with van der Waals surface area (Å²) in [6, 6.07) is 1.54. The zero-order valence-corrected chi connectivity index (χ0v) is 29.9. The molecule has 3 heterocycles. The number of carbonyl (C=O) groups is 5. The molecular weight excluding hydrogens is 685 g/mol. The molecule has 6 rings (SSSR count). The average molecular weight is 732 g/mol. The fourth-order valence-corrected chi connectivity index (χ4v) is 8.77. The SMILES string of the molecule is C=C[C@@H]1CC1(NC(=O)[C@@H]1C[C@@H](OC(=O)N2Cc3cccc(F)c3C2)C2CCCCCC(NC(=O)OC(C)(C)C)C(=O)N21)C(=O)NS(=O)(=O)C1CC1. The van der Waals surface area contributed by atoms with Gasteiger partial charge in [-0.05, 0) is 64.5 Å².